The lowest BCUT2D eigenvalue weighted by molar-refractivity contribution is 0.114. The smallest absolute Gasteiger partial charge is 0.337 e. The van der Waals surface area contributed by atoms with Crippen LogP contribution in [-0.4, -0.2) is 21.3 Å². The highest BCUT2D eigenvalue weighted by molar-refractivity contribution is 6.67. The minimum Gasteiger partial charge on any atom is -0.394 e. The molecule has 3 heteroatoms. The highest BCUT2D eigenvalue weighted by Crippen LogP contribution is 2.23. The molecule has 0 bridgehead atoms. The molecule has 122 valence electrons. The zero-order valence-corrected chi connectivity index (χ0v) is 15.7. The van der Waals surface area contributed by atoms with Crippen LogP contribution in [0.25, 0.3) is 0 Å². The largest absolute Gasteiger partial charge is 0.394 e. The van der Waals surface area contributed by atoms with Gasteiger partial charge in [0.1, 0.15) is 0 Å². The van der Waals surface area contributed by atoms with Crippen LogP contribution in [0.15, 0.2) is 0 Å². The van der Waals surface area contributed by atoms with Crippen LogP contribution in [0.3, 0.4) is 0 Å². The van der Waals surface area contributed by atoms with Gasteiger partial charge in [0.05, 0.1) is 0 Å². The first-order valence-corrected chi connectivity index (χ1v) is 11.2. The molecule has 20 heavy (non-hydrogen) atoms. The summed E-state index contributed by atoms with van der Waals surface area (Å²) in [5.74, 6) is 0. The number of hydrogen-bond donors (Lipinski definition) is 0. The second-order valence-corrected chi connectivity index (χ2v) is 9.71. The van der Waals surface area contributed by atoms with Crippen molar-refractivity contribution in [3.8, 4) is 0 Å². The fraction of sp³-hybridized carbons (Fsp3) is 1.00. The van der Waals surface area contributed by atoms with Crippen LogP contribution in [0.2, 0.25) is 12.1 Å². The van der Waals surface area contributed by atoms with Gasteiger partial charge in [-0.2, -0.15) is 0 Å². The zero-order chi connectivity index (χ0) is 15.3. The topological polar surface area (TPSA) is 18.5 Å². The number of unbranched alkanes of at least 4 members (excludes halogenated alkanes) is 5. The molecule has 0 amide bonds. The Morgan fingerprint density at radius 2 is 1.40 bits per heavy atom. The van der Waals surface area contributed by atoms with Crippen molar-refractivity contribution < 1.29 is 8.85 Å². The minimum atomic E-state index is -1.93. The first-order valence-electron chi connectivity index (χ1n) is 8.95. The lowest BCUT2D eigenvalue weighted by atomic mass is 10.2. The molecular weight excluding hydrogens is 264 g/mol. The molecular formula is C17H38O2Si. The Labute approximate surface area is 128 Å². The third kappa shape index (κ3) is 9.14. The molecule has 0 aliphatic heterocycles. The maximum absolute atomic E-state index is 6.38. The molecule has 0 aromatic carbocycles. The summed E-state index contributed by atoms with van der Waals surface area (Å²) in [5.41, 5.74) is 0. The Morgan fingerprint density at radius 3 is 1.95 bits per heavy atom. The molecule has 0 heterocycles. The van der Waals surface area contributed by atoms with Gasteiger partial charge in [-0.1, -0.05) is 66.2 Å². The van der Waals surface area contributed by atoms with Crippen LogP contribution in [0.1, 0.15) is 86.0 Å². The van der Waals surface area contributed by atoms with Gasteiger partial charge in [-0.05, 0) is 31.9 Å². The van der Waals surface area contributed by atoms with E-state index in [4.69, 9.17) is 8.85 Å². The molecule has 1 atom stereocenters. The minimum absolute atomic E-state index is 0.363. The van der Waals surface area contributed by atoms with Crippen molar-refractivity contribution in [3.05, 3.63) is 0 Å². The van der Waals surface area contributed by atoms with Crippen molar-refractivity contribution in [2.75, 3.05) is 6.61 Å². The van der Waals surface area contributed by atoms with Crippen LogP contribution in [0.4, 0.5) is 0 Å². The van der Waals surface area contributed by atoms with Crippen LogP contribution < -0.4 is 0 Å². The summed E-state index contributed by atoms with van der Waals surface area (Å²) in [5, 5.41) is 0. The van der Waals surface area contributed by atoms with Crippen molar-refractivity contribution in [1.29, 1.82) is 0 Å². The molecule has 0 aromatic heterocycles. The fourth-order valence-electron chi connectivity index (χ4n) is 2.54. The SMILES string of the molecule is CCCCCCCO[Si](CC)(CC)OC(C)CCCC. The highest BCUT2D eigenvalue weighted by Gasteiger charge is 2.35. The van der Waals surface area contributed by atoms with E-state index in [9.17, 15) is 0 Å². The molecule has 0 fully saturated rings. The van der Waals surface area contributed by atoms with E-state index in [1.54, 1.807) is 0 Å². The van der Waals surface area contributed by atoms with Crippen LogP contribution >= 0.6 is 0 Å². The predicted octanol–water partition coefficient (Wildman–Crippen LogP) is 6.05. The summed E-state index contributed by atoms with van der Waals surface area (Å²) in [6.45, 7) is 12.1. The van der Waals surface area contributed by atoms with Crippen LogP contribution in [0, 0.1) is 0 Å². The molecule has 0 saturated heterocycles. The molecule has 0 aliphatic carbocycles. The van der Waals surface area contributed by atoms with Crippen molar-refractivity contribution in [2.24, 2.45) is 0 Å². The molecule has 0 saturated carbocycles. The maximum atomic E-state index is 6.38. The molecule has 0 aromatic rings. The van der Waals surface area contributed by atoms with Gasteiger partial charge < -0.3 is 8.85 Å². The lowest BCUT2D eigenvalue weighted by Gasteiger charge is -2.32. The van der Waals surface area contributed by atoms with Gasteiger partial charge in [-0.15, -0.1) is 0 Å². The van der Waals surface area contributed by atoms with Crippen molar-refractivity contribution in [3.63, 3.8) is 0 Å². The van der Waals surface area contributed by atoms with Crippen molar-refractivity contribution in [1.82, 2.24) is 0 Å². The van der Waals surface area contributed by atoms with Gasteiger partial charge in [0.25, 0.3) is 0 Å². The van der Waals surface area contributed by atoms with Crippen LogP contribution in [-0.2, 0) is 8.85 Å². The Balaban J connectivity index is 4.03. The van der Waals surface area contributed by atoms with E-state index in [0.29, 0.717) is 6.10 Å². The standard InChI is InChI=1S/C17H38O2Si/c1-6-10-12-13-14-16-18-20(8-3,9-4)19-17(5)15-11-7-2/h17H,6-16H2,1-5H3. The van der Waals surface area contributed by atoms with Crippen LogP contribution in [0.5, 0.6) is 0 Å². The molecule has 2 nitrogen and oxygen atoms in total. The Bertz CT molecular complexity index is 205. The third-order valence-electron chi connectivity index (χ3n) is 4.07. The van der Waals surface area contributed by atoms with E-state index >= 15 is 0 Å². The quantitative estimate of drug-likeness (QED) is 0.287. The average Bonchev–Trinajstić information content (AvgIpc) is 2.47. The average molecular weight is 303 g/mol. The molecule has 0 spiro atoms. The zero-order valence-electron chi connectivity index (χ0n) is 14.7. The predicted molar refractivity (Wildman–Crippen MR) is 91.5 cm³/mol. The molecule has 1 unspecified atom stereocenters. The maximum Gasteiger partial charge on any atom is 0.337 e. The Morgan fingerprint density at radius 1 is 0.800 bits per heavy atom. The normalized spacial score (nSPS) is 13.7. The van der Waals surface area contributed by atoms with E-state index in [-0.39, 0.29) is 0 Å². The van der Waals surface area contributed by atoms with E-state index in [2.05, 4.69) is 34.6 Å². The van der Waals surface area contributed by atoms with Gasteiger partial charge >= 0.3 is 8.56 Å². The second-order valence-electron chi connectivity index (χ2n) is 5.95. The van der Waals surface area contributed by atoms with Gasteiger partial charge in [0.2, 0.25) is 0 Å². The summed E-state index contributed by atoms with van der Waals surface area (Å²) in [6.07, 6.45) is 10.6. The Kier molecular flexibility index (Phi) is 12.9. The van der Waals surface area contributed by atoms with Gasteiger partial charge in [0, 0.05) is 12.7 Å². The Hall–Kier alpha value is 0.137. The summed E-state index contributed by atoms with van der Waals surface area (Å²) < 4.78 is 12.7. The summed E-state index contributed by atoms with van der Waals surface area (Å²) in [4.78, 5) is 0. The molecule has 0 aliphatic rings. The summed E-state index contributed by atoms with van der Waals surface area (Å²) >= 11 is 0. The highest BCUT2D eigenvalue weighted by atomic mass is 28.4. The monoisotopic (exact) mass is 302 g/mol. The second kappa shape index (κ2) is 12.8. The summed E-state index contributed by atoms with van der Waals surface area (Å²) in [7, 11) is -1.93. The lowest BCUT2D eigenvalue weighted by Crippen LogP contribution is -2.43. The van der Waals surface area contributed by atoms with Gasteiger partial charge in [-0.3, -0.25) is 0 Å². The fourth-order valence-corrected chi connectivity index (χ4v) is 5.21. The van der Waals surface area contributed by atoms with E-state index < -0.39 is 8.56 Å². The first kappa shape index (κ1) is 20.1. The number of hydrogen-bond acceptors (Lipinski definition) is 2. The van der Waals surface area contributed by atoms with Gasteiger partial charge in [0.15, 0.2) is 0 Å². The molecule has 0 radical (unpaired) electrons. The summed E-state index contributed by atoms with van der Waals surface area (Å²) in [6, 6.07) is 2.16. The van der Waals surface area contributed by atoms with E-state index in [1.807, 2.05) is 0 Å². The molecule has 0 rings (SSSR count). The van der Waals surface area contributed by atoms with Crippen molar-refractivity contribution in [2.45, 2.75) is 104 Å². The van der Waals surface area contributed by atoms with E-state index in [1.165, 1.54) is 51.4 Å². The van der Waals surface area contributed by atoms with Gasteiger partial charge in [-0.25, -0.2) is 0 Å². The number of rotatable bonds is 14. The third-order valence-corrected chi connectivity index (χ3v) is 7.79. The van der Waals surface area contributed by atoms with E-state index in [0.717, 1.165) is 18.7 Å². The first-order chi connectivity index (χ1) is 9.64. The van der Waals surface area contributed by atoms with Crippen molar-refractivity contribution >= 4 is 8.56 Å². The molecule has 0 N–H and O–H groups in total.